The molecule has 19 heavy (non-hydrogen) atoms. The van der Waals surface area contributed by atoms with Crippen molar-refractivity contribution in [3.63, 3.8) is 0 Å². The topological polar surface area (TPSA) is 23.6 Å². The summed E-state index contributed by atoms with van der Waals surface area (Å²) in [7, 11) is 0. The lowest BCUT2D eigenvalue weighted by Crippen LogP contribution is -2.56. The van der Waals surface area contributed by atoms with Gasteiger partial charge in [0.2, 0.25) is 0 Å². The predicted molar refractivity (Wildman–Crippen MR) is 77.2 cm³/mol. The summed E-state index contributed by atoms with van der Waals surface area (Å²) >= 11 is 0. The lowest BCUT2D eigenvalue weighted by molar-refractivity contribution is -0.119. The van der Waals surface area contributed by atoms with Gasteiger partial charge in [-0.3, -0.25) is 9.80 Å². The molecule has 2 heterocycles. The van der Waals surface area contributed by atoms with E-state index in [0.717, 1.165) is 25.4 Å². The Balaban J connectivity index is 1.58. The number of aldehydes is 1. The molecule has 1 aliphatic carbocycles. The molecule has 2 saturated heterocycles. The first kappa shape index (κ1) is 13.6. The molecule has 1 unspecified atom stereocenters. The number of carbonyl (C=O) groups is 1. The van der Waals surface area contributed by atoms with E-state index >= 15 is 0 Å². The Morgan fingerprint density at radius 2 is 1.84 bits per heavy atom. The van der Waals surface area contributed by atoms with Crippen LogP contribution < -0.4 is 0 Å². The Kier molecular flexibility index (Phi) is 4.23. The summed E-state index contributed by atoms with van der Waals surface area (Å²) in [5, 5.41) is 0. The predicted octanol–water partition coefficient (Wildman–Crippen LogP) is 2.31. The summed E-state index contributed by atoms with van der Waals surface area (Å²) in [4.78, 5) is 16.9. The molecule has 3 aliphatic rings. The summed E-state index contributed by atoms with van der Waals surface area (Å²) in [5.41, 5.74) is -0.00487. The summed E-state index contributed by atoms with van der Waals surface area (Å²) in [5.74, 6) is 0. The van der Waals surface area contributed by atoms with Crippen molar-refractivity contribution < 1.29 is 4.79 Å². The zero-order valence-electron chi connectivity index (χ0n) is 12.1. The standard InChI is InChI=1S/C16H28N2O/c19-14-16(7-3-1-4-8-16)13-17-10-11-18-9-5-2-6-15(18)12-17/h14-15H,1-13H2. The summed E-state index contributed by atoms with van der Waals surface area (Å²) < 4.78 is 0. The van der Waals surface area contributed by atoms with Crippen LogP contribution in [0.3, 0.4) is 0 Å². The maximum atomic E-state index is 11.6. The molecule has 1 saturated carbocycles. The Hall–Kier alpha value is -0.410. The number of hydrogen-bond donors (Lipinski definition) is 0. The molecule has 3 fully saturated rings. The molecule has 0 aromatic carbocycles. The van der Waals surface area contributed by atoms with Gasteiger partial charge in [-0.05, 0) is 32.2 Å². The molecule has 0 bridgehead atoms. The molecular formula is C16H28N2O. The van der Waals surface area contributed by atoms with Gasteiger partial charge in [-0.25, -0.2) is 0 Å². The maximum Gasteiger partial charge on any atom is 0.127 e. The van der Waals surface area contributed by atoms with E-state index in [2.05, 4.69) is 9.80 Å². The number of piperazine rings is 1. The van der Waals surface area contributed by atoms with Crippen LogP contribution in [0.25, 0.3) is 0 Å². The van der Waals surface area contributed by atoms with E-state index in [9.17, 15) is 4.79 Å². The minimum atomic E-state index is -0.00487. The zero-order chi connectivity index (χ0) is 13.1. The molecule has 0 aromatic heterocycles. The first-order valence-electron chi connectivity index (χ1n) is 8.24. The second-order valence-corrected chi connectivity index (χ2v) is 6.96. The molecule has 0 radical (unpaired) electrons. The number of fused-ring (bicyclic) bond motifs is 1. The van der Waals surface area contributed by atoms with Crippen LogP contribution in [0, 0.1) is 5.41 Å². The van der Waals surface area contributed by atoms with Gasteiger partial charge in [0, 0.05) is 37.6 Å². The quantitative estimate of drug-likeness (QED) is 0.731. The summed E-state index contributed by atoms with van der Waals surface area (Å²) in [6, 6.07) is 0.773. The summed E-state index contributed by atoms with van der Waals surface area (Å²) in [6.45, 7) is 5.93. The molecule has 3 rings (SSSR count). The van der Waals surface area contributed by atoms with E-state index in [0.29, 0.717) is 0 Å². The Morgan fingerprint density at radius 3 is 2.63 bits per heavy atom. The monoisotopic (exact) mass is 264 g/mol. The van der Waals surface area contributed by atoms with Crippen molar-refractivity contribution >= 4 is 6.29 Å². The van der Waals surface area contributed by atoms with Crippen LogP contribution >= 0.6 is 0 Å². The minimum absolute atomic E-state index is 0.00487. The molecule has 0 N–H and O–H groups in total. The average molecular weight is 264 g/mol. The largest absolute Gasteiger partial charge is 0.303 e. The minimum Gasteiger partial charge on any atom is -0.303 e. The first-order valence-corrected chi connectivity index (χ1v) is 8.24. The second kappa shape index (κ2) is 5.92. The van der Waals surface area contributed by atoms with E-state index in [-0.39, 0.29) is 5.41 Å². The number of piperidine rings is 1. The molecule has 108 valence electrons. The highest BCUT2D eigenvalue weighted by Crippen LogP contribution is 2.36. The Bertz CT molecular complexity index is 312. The molecule has 0 aromatic rings. The zero-order valence-corrected chi connectivity index (χ0v) is 12.1. The van der Waals surface area contributed by atoms with Crippen LogP contribution in [0.2, 0.25) is 0 Å². The fourth-order valence-electron chi connectivity index (χ4n) is 4.38. The third-order valence-electron chi connectivity index (χ3n) is 5.56. The third-order valence-corrected chi connectivity index (χ3v) is 5.56. The van der Waals surface area contributed by atoms with Gasteiger partial charge in [-0.2, -0.15) is 0 Å². The molecule has 3 nitrogen and oxygen atoms in total. The van der Waals surface area contributed by atoms with Gasteiger partial charge >= 0.3 is 0 Å². The first-order chi connectivity index (χ1) is 9.31. The van der Waals surface area contributed by atoms with Crippen LogP contribution in [-0.4, -0.2) is 54.9 Å². The van der Waals surface area contributed by atoms with Crippen LogP contribution in [0.4, 0.5) is 0 Å². The van der Waals surface area contributed by atoms with Crippen LogP contribution in [0.15, 0.2) is 0 Å². The molecule has 1 atom stereocenters. The second-order valence-electron chi connectivity index (χ2n) is 6.96. The van der Waals surface area contributed by atoms with Crippen LogP contribution in [0.5, 0.6) is 0 Å². The fourth-order valence-corrected chi connectivity index (χ4v) is 4.38. The van der Waals surface area contributed by atoms with Gasteiger partial charge in [0.25, 0.3) is 0 Å². The van der Waals surface area contributed by atoms with Crippen molar-refractivity contribution in [3.8, 4) is 0 Å². The van der Waals surface area contributed by atoms with E-state index in [1.165, 1.54) is 71.0 Å². The fraction of sp³-hybridized carbons (Fsp3) is 0.938. The number of nitrogens with zero attached hydrogens (tertiary/aromatic N) is 2. The highest BCUT2D eigenvalue weighted by molar-refractivity contribution is 5.60. The van der Waals surface area contributed by atoms with Gasteiger partial charge in [0.1, 0.15) is 6.29 Å². The molecule has 3 heteroatoms. The van der Waals surface area contributed by atoms with Crippen LogP contribution in [0.1, 0.15) is 51.4 Å². The number of hydrogen-bond acceptors (Lipinski definition) is 3. The normalized spacial score (nSPS) is 32.7. The van der Waals surface area contributed by atoms with Crippen molar-refractivity contribution in [2.24, 2.45) is 5.41 Å². The number of carbonyl (C=O) groups excluding carboxylic acids is 1. The third kappa shape index (κ3) is 3.03. The molecule has 0 amide bonds. The van der Waals surface area contributed by atoms with Crippen molar-refractivity contribution in [3.05, 3.63) is 0 Å². The van der Waals surface area contributed by atoms with Crippen molar-refractivity contribution in [2.75, 3.05) is 32.7 Å². The van der Waals surface area contributed by atoms with Crippen molar-refractivity contribution in [1.29, 1.82) is 0 Å². The lowest BCUT2D eigenvalue weighted by atomic mass is 9.74. The number of rotatable bonds is 3. The highest BCUT2D eigenvalue weighted by Gasteiger charge is 2.36. The van der Waals surface area contributed by atoms with Gasteiger partial charge < -0.3 is 4.79 Å². The highest BCUT2D eigenvalue weighted by atomic mass is 16.1. The smallest absolute Gasteiger partial charge is 0.127 e. The Labute approximate surface area is 117 Å². The van der Waals surface area contributed by atoms with Gasteiger partial charge in [0.15, 0.2) is 0 Å². The van der Waals surface area contributed by atoms with Gasteiger partial charge in [-0.15, -0.1) is 0 Å². The lowest BCUT2D eigenvalue weighted by Gasteiger charge is -2.46. The van der Waals surface area contributed by atoms with E-state index in [1.54, 1.807) is 0 Å². The van der Waals surface area contributed by atoms with Crippen molar-refractivity contribution in [1.82, 2.24) is 9.80 Å². The average Bonchev–Trinajstić information content (AvgIpc) is 2.48. The molecule has 2 aliphatic heterocycles. The van der Waals surface area contributed by atoms with E-state index in [1.807, 2.05) is 0 Å². The molecular weight excluding hydrogens is 236 g/mol. The maximum absolute atomic E-state index is 11.6. The SMILES string of the molecule is O=CC1(CN2CCN3CCCCC3C2)CCCCC1. The van der Waals surface area contributed by atoms with E-state index in [4.69, 9.17) is 0 Å². The Morgan fingerprint density at radius 1 is 1.00 bits per heavy atom. The van der Waals surface area contributed by atoms with Crippen molar-refractivity contribution in [2.45, 2.75) is 57.4 Å². The van der Waals surface area contributed by atoms with Crippen LogP contribution in [-0.2, 0) is 4.79 Å². The van der Waals surface area contributed by atoms with Gasteiger partial charge in [0.05, 0.1) is 0 Å². The van der Waals surface area contributed by atoms with E-state index < -0.39 is 0 Å². The molecule has 0 spiro atoms. The summed E-state index contributed by atoms with van der Waals surface area (Å²) in [6.07, 6.45) is 11.5. The van der Waals surface area contributed by atoms with Gasteiger partial charge in [-0.1, -0.05) is 25.7 Å².